The van der Waals surface area contributed by atoms with E-state index in [4.69, 9.17) is 0 Å². The monoisotopic (exact) mass is 323 g/mol. The van der Waals surface area contributed by atoms with Crippen LogP contribution in [0.4, 0.5) is 19.3 Å². The third-order valence-corrected chi connectivity index (χ3v) is 3.13. The Morgan fingerprint density at radius 2 is 1.91 bits per heavy atom. The molecule has 0 aliphatic carbocycles. The van der Waals surface area contributed by atoms with Crippen molar-refractivity contribution in [1.82, 2.24) is 9.88 Å². The molecule has 0 aliphatic heterocycles. The molecule has 1 unspecified atom stereocenters. The number of pyridine rings is 1. The summed E-state index contributed by atoms with van der Waals surface area (Å²) in [6.07, 6.45) is -0.114. The zero-order valence-electron chi connectivity index (χ0n) is 12.2. The van der Waals surface area contributed by atoms with Gasteiger partial charge in [-0.1, -0.05) is 6.07 Å². The summed E-state index contributed by atoms with van der Waals surface area (Å²) in [7, 11) is 1.52. The average Bonchev–Trinajstić information content (AvgIpc) is 2.49. The van der Waals surface area contributed by atoms with Gasteiger partial charge in [-0.3, -0.25) is 4.79 Å². The minimum Gasteiger partial charge on any atom is -0.386 e. The zero-order valence-corrected chi connectivity index (χ0v) is 12.2. The van der Waals surface area contributed by atoms with E-state index < -0.39 is 29.3 Å². The number of anilines is 1. The van der Waals surface area contributed by atoms with Gasteiger partial charge >= 0.3 is 6.03 Å². The smallest absolute Gasteiger partial charge is 0.319 e. The molecule has 122 valence electrons. The number of hydrogen-bond acceptors (Lipinski definition) is 3. The molecule has 1 aromatic heterocycles. The quantitative estimate of drug-likeness (QED) is 0.798. The molecule has 2 rings (SSSR count). The molecule has 1 atom stereocenters. The number of benzene rings is 1. The molecule has 23 heavy (non-hydrogen) atoms. The van der Waals surface area contributed by atoms with Crippen molar-refractivity contribution in [2.75, 3.05) is 11.9 Å². The van der Waals surface area contributed by atoms with Gasteiger partial charge in [-0.25, -0.2) is 13.6 Å². The van der Waals surface area contributed by atoms with Gasteiger partial charge in [0.25, 0.3) is 0 Å². The van der Waals surface area contributed by atoms with Crippen molar-refractivity contribution in [2.45, 2.75) is 6.10 Å². The second-order valence-corrected chi connectivity index (χ2v) is 4.85. The van der Waals surface area contributed by atoms with Crippen LogP contribution in [0, 0.1) is 11.6 Å². The highest BCUT2D eigenvalue weighted by molar-refractivity contribution is 5.88. The normalized spacial score (nSPS) is 11.8. The van der Waals surface area contributed by atoms with Gasteiger partial charge in [0.1, 0.15) is 17.7 Å². The number of nitrogens with zero attached hydrogens (tertiary/aromatic N) is 1. The number of nitrogens with one attached hydrogen (secondary N) is 2. The van der Waals surface area contributed by atoms with Crippen LogP contribution in [0.15, 0.2) is 41.3 Å². The number of aryl methyl sites for hydroxylation is 1. The average molecular weight is 323 g/mol. The fraction of sp³-hybridized carbons (Fsp3) is 0.200. The number of rotatable bonds is 4. The molecule has 0 aliphatic rings. The van der Waals surface area contributed by atoms with E-state index in [1.54, 1.807) is 0 Å². The first kappa shape index (κ1) is 16.6. The molecule has 3 N–H and O–H groups in total. The lowest BCUT2D eigenvalue weighted by molar-refractivity contribution is 0.166. The Labute approximate surface area is 130 Å². The van der Waals surface area contributed by atoms with Crippen molar-refractivity contribution in [1.29, 1.82) is 0 Å². The number of halogens is 2. The lowest BCUT2D eigenvalue weighted by Crippen LogP contribution is -2.33. The number of carbonyl (C=O) groups is 1. The highest BCUT2D eigenvalue weighted by Gasteiger charge is 2.18. The minimum atomic E-state index is -1.53. The molecule has 0 fully saturated rings. The third kappa shape index (κ3) is 4.13. The predicted octanol–water partition coefficient (Wildman–Crippen LogP) is 1.52. The van der Waals surface area contributed by atoms with Gasteiger partial charge in [0.15, 0.2) is 0 Å². The Morgan fingerprint density at radius 3 is 2.52 bits per heavy atom. The zero-order chi connectivity index (χ0) is 17.0. The summed E-state index contributed by atoms with van der Waals surface area (Å²) < 4.78 is 28.3. The van der Waals surface area contributed by atoms with Crippen LogP contribution in [0.1, 0.15) is 11.7 Å². The van der Waals surface area contributed by atoms with Crippen LogP contribution in [0.3, 0.4) is 0 Å². The molecule has 0 radical (unpaired) electrons. The molecule has 6 nitrogen and oxygen atoms in total. The van der Waals surface area contributed by atoms with E-state index >= 15 is 0 Å². The maximum atomic E-state index is 13.5. The van der Waals surface area contributed by atoms with E-state index in [-0.39, 0.29) is 12.1 Å². The number of hydrogen-bond donors (Lipinski definition) is 3. The SMILES string of the molecule is Cn1cc(NC(=O)NCC(O)c2c(F)cccc2F)ccc1=O. The Balaban J connectivity index is 1.96. The molecule has 0 saturated carbocycles. The molecule has 0 bridgehead atoms. The van der Waals surface area contributed by atoms with Crippen LogP contribution in [0.25, 0.3) is 0 Å². The summed E-state index contributed by atoms with van der Waals surface area (Å²) in [4.78, 5) is 22.9. The van der Waals surface area contributed by atoms with E-state index in [2.05, 4.69) is 10.6 Å². The Hall–Kier alpha value is -2.74. The van der Waals surface area contributed by atoms with Crippen LogP contribution in [0.5, 0.6) is 0 Å². The van der Waals surface area contributed by atoms with Crippen LogP contribution in [0.2, 0.25) is 0 Å². The van der Waals surface area contributed by atoms with E-state index in [1.807, 2.05) is 0 Å². The van der Waals surface area contributed by atoms with E-state index in [1.165, 1.54) is 36.0 Å². The Morgan fingerprint density at radius 1 is 1.26 bits per heavy atom. The number of urea groups is 1. The van der Waals surface area contributed by atoms with E-state index in [0.717, 1.165) is 12.1 Å². The van der Waals surface area contributed by atoms with Gasteiger partial charge in [0.2, 0.25) is 5.56 Å². The molecule has 1 heterocycles. The third-order valence-electron chi connectivity index (χ3n) is 3.13. The molecule has 8 heteroatoms. The first-order valence-corrected chi connectivity index (χ1v) is 6.72. The second-order valence-electron chi connectivity index (χ2n) is 4.85. The number of amides is 2. The van der Waals surface area contributed by atoms with Crippen molar-refractivity contribution < 1.29 is 18.7 Å². The number of carbonyl (C=O) groups excluding carboxylic acids is 1. The van der Waals surface area contributed by atoms with Gasteiger partial charge in [0, 0.05) is 25.9 Å². The van der Waals surface area contributed by atoms with Gasteiger partial charge < -0.3 is 20.3 Å². The lowest BCUT2D eigenvalue weighted by atomic mass is 10.1. The highest BCUT2D eigenvalue weighted by Crippen LogP contribution is 2.19. The topological polar surface area (TPSA) is 83.4 Å². The van der Waals surface area contributed by atoms with Crippen LogP contribution in [-0.4, -0.2) is 22.2 Å². The van der Waals surface area contributed by atoms with E-state index in [9.17, 15) is 23.5 Å². The summed E-state index contributed by atoms with van der Waals surface area (Å²) in [5, 5.41) is 14.5. The first-order valence-electron chi connectivity index (χ1n) is 6.72. The standard InChI is InChI=1S/C15H15F2N3O3/c1-20-8-9(5-6-13(20)22)19-15(23)18-7-12(21)14-10(16)3-2-4-11(14)17/h2-6,8,12,21H,7H2,1H3,(H2,18,19,23). The predicted molar refractivity (Wildman–Crippen MR) is 80.0 cm³/mol. The molecule has 1 aromatic carbocycles. The highest BCUT2D eigenvalue weighted by atomic mass is 19.1. The Bertz CT molecular complexity index is 757. The fourth-order valence-electron chi connectivity index (χ4n) is 1.96. The van der Waals surface area contributed by atoms with Crippen molar-refractivity contribution in [3.05, 3.63) is 64.1 Å². The van der Waals surface area contributed by atoms with Crippen LogP contribution in [-0.2, 0) is 7.05 Å². The van der Waals surface area contributed by atoms with Crippen molar-refractivity contribution >= 4 is 11.7 Å². The first-order chi connectivity index (χ1) is 10.9. The summed E-state index contributed by atoms with van der Waals surface area (Å²) in [6, 6.07) is 5.23. The number of aromatic nitrogens is 1. The van der Waals surface area contributed by atoms with Crippen molar-refractivity contribution in [3.8, 4) is 0 Å². The van der Waals surface area contributed by atoms with Gasteiger partial charge in [0.05, 0.1) is 11.3 Å². The molecule has 0 spiro atoms. The largest absolute Gasteiger partial charge is 0.386 e. The fourth-order valence-corrected chi connectivity index (χ4v) is 1.96. The van der Waals surface area contributed by atoms with Crippen molar-refractivity contribution in [3.63, 3.8) is 0 Å². The molecular weight excluding hydrogens is 308 g/mol. The molecule has 2 aromatic rings. The maximum Gasteiger partial charge on any atom is 0.319 e. The van der Waals surface area contributed by atoms with Gasteiger partial charge in [-0.15, -0.1) is 0 Å². The number of aliphatic hydroxyl groups excluding tert-OH is 1. The Kier molecular flexibility index (Phi) is 5.07. The molecular formula is C15H15F2N3O3. The summed E-state index contributed by atoms with van der Waals surface area (Å²) in [6.45, 7) is -0.380. The minimum absolute atomic E-state index is 0.235. The number of aliphatic hydroxyl groups is 1. The molecule has 2 amide bonds. The summed E-state index contributed by atoms with van der Waals surface area (Å²) in [5.74, 6) is -1.78. The van der Waals surface area contributed by atoms with Crippen LogP contribution >= 0.6 is 0 Å². The summed E-state index contributed by atoms with van der Waals surface area (Å²) >= 11 is 0. The van der Waals surface area contributed by atoms with Gasteiger partial charge in [-0.05, 0) is 18.2 Å². The molecule has 0 saturated heterocycles. The maximum absolute atomic E-state index is 13.5. The van der Waals surface area contributed by atoms with E-state index in [0.29, 0.717) is 5.69 Å². The van der Waals surface area contributed by atoms with Gasteiger partial charge in [-0.2, -0.15) is 0 Å². The second kappa shape index (κ2) is 7.01. The van der Waals surface area contributed by atoms with Crippen LogP contribution < -0.4 is 16.2 Å². The lowest BCUT2D eigenvalue weighted by Gasteiger charge is -2.14. The van der Waals surface area contributed by atoms with Crippen molar-refractivity contribution in [2.24, 2.45) is 7.05 Å². The summed E-state index contributed by atoms with van der Waals surface area (Å²) in [5.41, 5.74) is -0.382.